The average Bonchev–Trinajstić information content (AvgIpc) is 2.94. The topological polar surface area (TPSA) is 39.7 Å². The minimum Gasteiger partial charge on any atom is -0.355 e. The van der Waals surface area contributed by atoms with Gasteiger partial charge in [0.05, 0.1) is 6.54 Å². The highest BCUT2D eigenvalue weighted by Gasteiger charge is 2.21. The maximum atomic E-state index is 5.24. The van der Waals surface area contributed by atoms with Crippen molar-refractivity contribution in [3.8, 4) is 12.3 Å². The van der Waals surface area contributed by atoms with Crippen LogP contribution in [-0.4, -0.2) is 43.6 Å². The summed E-state index contributed by atoms with van der Waals surface area (Å²) < 4.78 is 0. The molecule has 2 rings (SSSR count). The molecule has 1 aliphatic heterocycles. The Kier molecular flexibility index (Phi) is 5.45. The summed E-state index contributed by atoms with van der Waals surface area (Å²) in [6.07, 6.45) is 6.40. The fourth-order valence-corrected chi connectivity index (χ4v) is 3.27. The maximum Gasteiger partial charge on any atom is 0.191 e. The molecule has 0 aromatic carbocycles. The number of guanidine groups is 1. The second-order valence-electron chi connectivity index (χ2n) is 4.95. The van der Waals surface area contributed by atoms with Crippen molar-refractivity contribution in [2.75, 3.05) is 26.7 Å². The zero-order valence-electron chi connectivity index (χ0n) is 12.1. The summed E-state index contributed by atoms with van der Waals surface area (Å²) in [7, 11) is 1.76. The molecule has 0 radical (unpaired) electrons. The highest BCUT2D eigenvalue weighted by Crippen LogP contribution is 2.24. The minimum atomic E-state index is 0.465. The van der Waals surface area contributed by atoms with Crippen LogP contribution in [0, 0.1) is 12.3 Å². The molecule has 1 aromatic rings. The molecule has 5 heteroatoms. The fourth-order valence-electron chi connectivity index (χ4n) is 2.38. The predicted molar refractivity (Wildman–Crippen MR) is 86.1 cm³/mol. The molecule has 0 amide bonds. The van der Waals surface area contributed by atoms with Crippen molar-refractivity contribution in [2.24, 2.45) is 4.99 Å². The minimum absolute atomic E-state index is 0.465. The highest BCUT2D eigenvalue weighted by molar-refractivity contribution is 7.10. The molecule has 0 aliphatic carbocycles. The SMILES string of the molecule is C#CCNC(=NC)NCC(C)N1CCc2sccc2C1. The van der Waals surface area contributed by atoms with E-state index in [1.165, 1.54) is 12.0 Å². The number of fused-ring (bicyclic) bond motifs is 1. The number of hydrogen-bond acceptors (Lipinski definition) is 3. The Morgan fingerprint density at radius 1 is 1.60 bits per heavy atom. The van der Waals surface area contributed by atoms with Gasteiger partial charge in [0.2, 0.25) is 0 Å². The summed E-state index contributed by atoms with van der Waals surface area (Å²) in [5.41, 5.74) is 1.49. The van der Waals surface area contributed by atoms with E-state index < -0.39 is 0 Å². The number of rotatable bonds is 4. The van der Waals surface area contributed by atoms with E-state index in [-0.39, 0.29) is 0 Å². The summed E-state index contributed by atoms with van der Waals surface area (Å²) in [5.74, 6) is 3.32. The molecule has 1 aromatic heterocycles. The number of aliphatic imine (C=N–C) groups is 1. The van der Waals surface area contributed by atoms with Crippen molar-refractivity contribution in [3.63, 3.8) is 0 Å². The largest absolute Gasteiger partial charge is 0.355 e. The molecule has 0 bridgehead atoms. The first-order valence-corrected chi connectivity index (χ1v) is 7.80. The lowest BCUT2D eigenvalue weighted by molar-refractivity contribution is 0.192. The van der Waals surface area contributed by atoms with Gasteiger partial charge in [-0.1, -0.05) is 5.92 Å². The quantitative estimate of drug-likeness (QED) is 0.499. The lowest BCUT2D eigenvalue weighted by Gasteiger charge is -2.32. The molecule has 2 N–H and O–H groups in total. The summed E-state index contributed by atoms with van der Waals surface area (Å²) in [5, 5.41) is 8.60. The van der Waals surface area contributed by atoms with Crippen LogP contribution in [0.4, 0.5) is 0 Å². The molecular formula is C15H22N4S. The monoisotopic (exact) mass is 290 g/mol. The molecule has 20 heavy (non-hydrogen) atoms. The van der Waals surface area contributed by atoms with Gasteiger partial charge in [-0.3, -0.25) is 9.89 Å². The maximum absolute atomic E-state index is 5.24. The van der Waals surface area contributed by atoms with Crippen LogP contribution in [0.3, 0.4) is 0 Å². The van der Waals surface area contributed by atoms with Crippen molar-refractivity contribution < 1.29 is 0 Å². The van der Waals surface area contributed by atoms with Crippen molar-refractivity contribution >= 4 is 17.3 Å². The molecular weight excluding hydrogens is 268 g/mol. The molecule has 0 spiro atoms. The van der Waals surface area contributed by atoms with E-state index in [2.05, 4.69) is 44.8 Å². The molecule has 4 nitrogen and oxygen atoms in total. The Labute approximate surface area is 125 Å². The van der Waals surface area contributed by atoms with Crippen LogP contribution >= 0.6 is 11.3 Å². The Bertz CT molecular complexity index is 500. The number of nitrogens with zero attached hydrogens (tertiary/aromatic N) is 2. The van der Waals surface area contributed by atoms with E-state index in [0.717, 1.165) is 25.6 Å². The lowest BCUT2D eigenvalue weighted by Crippen LogP contribution is -2.47. The van der Waals surface area contributed by atoms with E-state index in [0.29, 0.717) is 12.6 Å². The van der Waals surface area contributed by atoms with Crippen LogP contribution in [-0.2, 0) is 13.0 Å². The van der Waals surface area contributed by atoms with Crippen LogP contribution in [0.15, 0.2) is 16.4 Å². The van der Waals surface area contributed by atoms with Gasteiger partial charge in [0.1, 0.15) is 0 Å². The van der Waals surface area contributed by atoms with Crippen molar-refractivity contribution in [1.29, 1.82) is 0 Å². The zero-order valence-corrected chi connectivity index (χ0v) is 13.0. The van der Waals surface area contributed by atoms with Gasteiger partial charge >= 0.3 is 0 Å². The van der Waals surface area contributed by atoms with Gasteiger partial charge in [0.15, 0.2) is 5.96 Å². The van der Waals surface area contributed by atoms with Gasteiger partial charge in [-0.15, -0.1) is 17.8 Å². The van der Waals surface area contributed by atoms with Crippen LogP contribution < -0.4 is 10.6 Å². The predicted octanol–water partition coefficient (Wildman–Crippen LogP) is 1.29. The van der Waals surface area contributed by atoms with Gasteiger partial charge in [0.25, 0.3) is 0 Å². The van der Waals surface area contributed by atoms with Gasteiger partial charge in [-0.2, -0.15) is 0 Å². The summed E-state index contributed by atoms with van der Waals surface area (Å²) >= 11 is 1.88. The van der Waals surface area contributed by atoms with Crippen molar-refractivity contribution in [2.45, 2.75) is 25.9 Å². The third-order valence-corrected chi connectivity index (χ3v) is 4.63. The first-order chi connectivity index (χ1) is 9.74. The Morgan fingerprint density at radius 3 is 3.20 bits per heavy atom. The standard InChI is InChI=1S/C15H22N4S/c1-4-7-17-15(16-3)18-10-12(2)19-8-5-14-13(11-19)6-9-20-14/h1,6,9,12H,5,7-8,10-11H2,2-3H3,(H2,16,17,18). The van der Waals surface area contributed by atoms with Crippen LogP contribution in [0.2, 0.25) is 0 Å². The van der Waals surface area contributed by atoms with Gasteiger partial charge in [-0.05, 0) is 30.4 Å². The lowest BCUT2D eigenvalue weighted by atomic mass is 10.1. The Morgan fingerprint density at radius 2 is 2.45 bits per heavy atom. The average molecular weight is 290 g/mol. The van der Waals surface area contributed by atoms with Gasteiger partial charge < -0.3 is 10.6 Å². The first kappa shape index (κ1) is 14.9. The van der Waals surface area contributed by atoms with Gasteiger partial charge in [0, 0.05) is 37.6 Å². The van der Waals surface area contributed by atoms with E-state index in [1.54, 1.807) is 11.9 Å². The molecule has 1 aliphatic rings. The molecule has 0 fully saturated rings. The fraction of sp³-hybridized carbons (Fsp3) is 0.533. The second-order valence-corrected chi connectivity index (χ2v) is 5.95. The van der Waals surface area contributed by atoms with Crippen molar-refractivity contribution in [3.05, 3.63) is 21.9 Å². The molecule has 1 atom stereocenters. The smallest absolute Gasteiger partial charge is 0.191 e. The zero-order chi connectivity index (χ0) is 14.4. The molecule has 1 unspecified atom stereocenters. The Balaban J connectivity index is 1.81. The van der Waals surface area contributed by atoms with E-state index in [9.17, 15) is 0 Å². The summed E-state index contributed by atoms with van der Waals surface area (Å²) in [6, 6.07) is 2.71. The molecule has 2 heterocycles. The van der Waals surface area contributed by atoms with Crippen molar-refractivity contribution in [1.82, 2.24) is 15.5 Å². The number of thiophene rings is 1. The second kappa shape index (κ2) is 7.32. The number of hydrogen-bond donors (Lipinski definition) is 2. The molecule has 0 saturated carbocycles. The third kappa shape index (κ3) is 3.75. The summed E-state index contributed by atoms with van der Waals surface area (Å²) in [4.78, 5) is 8.21. The third-order valence-electron chi connectivity index (χ3n) is 3.61. The van der Waals surface area contributed by atoms with Gasteiger partial charge in [-0.25, -0.2) is 0 Å². The summed E-state index contributed by atoms with van der Waals surface area (Å²) in [6.45, 7) is 5.80. The van der Waals surface area contributed by atoms with E-state index in [4.69, 9.17) is 6.42 Å². The molecule has 0 saturated heterocycles. The van der Waals surface area contributed by atoms with Crippen LogP contribution in [0.1, 0.15) is 17.4 Å². The first-order valence-electron chi connectivity index (χ1n) is 6.92. The highest BCUT2D eigenvalue weighted by atomic mass is 32.1. The number of nitrogens with one attached hydrogen (secondary N) is 2. The Hall–Kier alpha value is -1.51. The number of terminal acetylenes is 1. The van der Waals surface area contributed by atoms with Crippen LogP contribution in [0.5, 0.6) is 0 Å². The normalized spacial score (nSPS) is 17.1. The molecule has 108 valence electrons. The van der Waals surface area contributed by atoms with E-state index >= 15 is 0 Å². The van der Waals surface area contributed by atoms with E-state index in [1.807, 2.05) is 11.3 Å². The van der Waals surface area contributed by atoms with Crippen LogP contribution in [0.25, 0.3) is 0 Å².